The van der Waals surface area contributed by atoms with Crippen molar-refractivity contribution in [2.24, 2.45) is 0 Å². The molecule has 6 heteroatoms. The number of urea groups is 1. The van der Waals surface area contributed by atoms with Crippen molar-refractivity contribution in [3.63, 3.8) is 0 Å². The lowest BCUT2D eigenvalue weighted by atomic mass is 10.1. The standard InChI is InChI=1S/C19H24N4O2/c1-14-12-15(2)22-18(21-14)25-17-9-11-23(13-17)19(24)20-10-8-16-6-4-3-5-7-16/h3-7,12,17H,8-11,13H2,1-2H3,(H,20,24)/t17-/m1/s1. The number of ether oxygens (including phenoxy) is 1. The van der Waals surface area contributed by atoms with Gasteiger partial charge in [0.2, 0.25) is 0 Å². The fourth-order valence-electron chi connectivity index (χ4n) is 2.97. The molecular weight excluding hydrogens is 316 g/mol. The number of carbonyl (C=O) groups excluding carboxylic acids is 1. The van der Waals surface area contributed by atoms with Gasteiger partial charge < -0.3 is 15.0 Å². The van der Waals surface area contributed by atoms with Gasteiger partial charge in [0.05, 0.1) is 6.54 Å². The lowest BCUT2D eigenvalue weighted by Gasteiger charge is -2.17. The third kappa shape index (κ3) is 4.92. The smallest absolute Gasteiger partial charge is 0.317 e. The fraction of sp³-hybridized carbons (Fsp3) is 0.421. The monoisotopic (exact) mass is 340 g/mol. The Balaban J connectivity index is 1.44. The largest absolute Gasteiger partial charge is 0.458 e. The Kier molecular flexibility index (Phi) is 5.48. The molecule has 0 aliphatic carbocycles. The SMILES string of the molecule is Cc1cc(C)nc(O[C@@H]2CCN(C(=O)NCCc3ccccc3)C2)n1. The minimum absolute atomic E-state index is 0.0385. The van der Waals surface area contributed by atoms with E-state index in [0.717, 1.165) is 24.2 Å². The predicted molar refractivity (Wildman–Crippen MR) is 95.7 cm³/mol. The normalized spacial score (nSPS) is 16.7. The average Bonchev–Trinajstić information content (AvgIpc) is 3.03. The third-order valence-corrected chi connectivity index (χ3v) is 4.20. The second kappa shape index (κ2) is 7.96. The highest BCUT2D eigenvalue weighted by molar-refractivity contribution is 5.74. The number of carbonyl (C=O) groups is 1. The van der Waals surface area contributed by atoms with Crippen LogP contribution >= 0.6 is 0 Å². The molecule has 6 nitrogen and oxygen atoms in total. The van der Waals surface area contributed by atoms with E-state index in [0.29, 0.717) is 25.6 Å². The summed E-state index contributed by atoms with van der Waals surface area (Å²) in [7, 11) is 0. The van der Waals surface area contributed by atoms with Crippen molar-refractivity contribution < 1.29 is 9.53 Å². The Morgan fingerprint density at radius 1 is 1.24 bits per heavy atom. The van der Waals surface area contributed by atoms with E-state index in [9.17, 15) is 4.79 Å². The van der Waals surface area contributed by atoms with Crippen LogP contribution in [0.4, 0.5) is 4.79 Å². The molecule has 2 heterocycles. The summed E-state index contributed by atoms with van der Waals surface area (Å²) in [6, 6.07) is 12.4. The van der Waals surface area contributed by atoms with Crippen molar-refractivity contribution in [2.75, 3.05) is 19.6 Å². The average molecular weight is 340 g/mol. The molecule has 3 rings (SSSR count). The Morgan fingerprint density at radius 2 is 1.96 bits per heavy atom. The van der Waals surface area contributed by atoms with E-state index < -0.39 is 0 Å². The van der Waals surface area contributed by atoms with Gasteiger partial charge in [-0.25, -0.2) is 14.8 Å². The molecule has 1 aromatic carbocycles. The zero-order valence-electron chi connectivity index (χ0n) is 14.7. The quantitative estimate of drug-likeness (QED) is 0.908. The summed E-state index contributed by atoms with van der Waals surface area (Å²) >= 11 is 0. The van der Waals surface area contributed by atoms with Crippen LogP contribution in [0.15, 0.2) is 36.4 Å². The third-order valence-electron chi connectivity index (χ3n) is 4.20. The molecule has 1 atom stereocenters. The highest BCUT2D eigenvalue weighted by Crippen LogP contribution is 2.16. The van der Waals surface area contributed by atoms with Crippen LogP contribution in [0.25, 0.3) is 0 Å². The fourth-order valence-corrected chi connectivity index (χ4v) is 2.97. The topological polar surface area (TPSA) is 67.3 Å². The molecule has 0 unspecified atom stereocenters. The first-order valence-corrected chi connectivity index (χ1v) is 8.66. The van der Waals surface area contributed by atoms with Crippen LogP contribution in [-0.2, 0) is 6.42 Å². The van der Waals surface area contributed by atoms with E-state index in [1.807, 2.05) is 38.1 Å². The summed E-state index contributed by atoms with van der Waals surface area (Å²) < 4.78 is 5.85. The predicted octanol–water partition coefficient (Wildman–Crippen LogP) is 2.50. The van der Waals surface area contributed by atoms with Crippen LogP contribution in [0.3, 0.4) is 0 Å². The Hall–Kier alpha value is -2.63. The first-order chi connectivity index (χ1) is 12.1. The molecular formula is C19H24N4O2. The van der Waals surface area contributed by atoms with Crippen LogP contribution in [0.1, 0.15) is 23.4 Å². The Morgan fingerprint density at radius 3 is 2.68 bits per heavy atom. The van der Waals surface area contributed by atoms with E-state index in [4.69, 9.17) is 4.74 Å². The van der Waals surface area contributed by atoms with Gasteiger partial charge in [-0.1, -0.05) is 30.3 Å². The Labute approximate surface area is 148 Å². The molecule has 1 N–H and O–H groups in total. The number of rotatable bonds is 5. The molecule has 0 bridgehead atoms. The summed E-state index contributed by atoms with van der Waals surface area (Å²) in [4.78, 5) is 22.7. The minimum Gasteiger partial charge on any atom is -0.458 e. The highest BCUT2D eigenvalue weighted by Gasteiger charge is 2.28. The maximum atomic E-state index is 12.3. The molecule has 0 saturated carbocycles. The van der Waals surface area contributed by atoms with Crippen LogP contribution in [0, 0.1) is 13.8 Å². The second-order valence-corrected chi connectivity index (χ2v) is 6.38. The maximum Gasteiger partial charge on any atom is 0.317 e. The van der Waals surface area contributed by atoms with Gasteiger partial charge >= 0.3 is 12.0 Å². The number of aromatic nitrogens is 2. The van der Waals surface area contributed by atoms with Gasteiger partial charge in [0.1, 0.15) is 6.10 Å². The van der Waals surface area contributed by atoms with Crippen molar-refractivity contribution in [3.05, 3.63) is 53.3 Å². The van der Waals surface area contributed by atoms with Crippen LogP contribution in [0.2, 0.25) is 0 Å². The molecule has 1 saturated heterocycles. The highest BCUT2D eigenvalue weighted by atomic mass is 16.5. The Bertz CT molecular complexity index is 700. The number of likely N-dealkylation sites (tertiary alicyclic amines) is 1. The number of benzene rings is 1. The molecule has 1 aliphatic heterocycles. The number of amides is 2. The van der Waals surface area contributed by atoms with Crippen molar-refractivity contribution in [3.8, 4) is 6.01 Å². The van der Waals surface area contributed by atoms with E-state index in [2.05, 4.69) is 27.4 Å². The number of aryl methyl sites for hydroxylation is 2. The first-order valence-electron chi connectivity index (χ1n) is 8.66. The van der Waals surface area contributed by atoms with Gasteiger partial charge in [0.25, 0.3) is 0 Å². The summed E-state index contributed by atoms with van der Waals surface area (Å²) in [5.41, 5.74) is 2.99. The second-order valence-electron chi connectivity index (χ2n) is 6.38. The number of hydrogen-bond acceptors (Lipinski definition) is 4. The van der Waals surface area contributed by atoms with E-state index in [1.165, 1.54) is 5.56 Å². The summed E-state index contributed by atoms with van der Waals surface area (Å²) in [6.45, 7) is 5.72. The minimum atomic E-state index is -0.0546. The van der Waals surface area contributed by atoms with Crippen LogP contribution in [-0.4, -0.2) is 46.6 Å². The molecule has 0 radical (unpaired) electrons. The number of nitrogens with one attached hydrogen (secondary N) is 1. The zero-order valence-corrected chi connectivity index (χ0v) is 14.7. The van der Waals surface area contributed by atoms with E-state index in [1.54, 1.807) is 4.90 Å². The van der Waals surface area contributed by atoms with Crippen LogP contribution < -0.4 is 10.1 Å². The van der Waals surface area contributed by atoms with E-state index >= 15 is 0 Å². The lowest BCUT2D eigenvalue weighted by molar-refractivity contribution is 0.178. The number of nitrogens with zero attached hydrogens (tertiary/aromatic N) is 3. The first kappa shape index (κ1) is 17.2. The van der Waals surface area contributed by atoms with Crippen molar-refractivity contribution in [1.82, 2.24) is 20.2 Å². The van der Waals surface area contributed by atoms with Gasteiger partial charge in [-0.05, 0) is 31.9 Å². The van der Waals surface area contributed by atoms with Crippen molar-refractivity contribution >= 4 is 6.03 Å². The molecule has 2 amide bonds. The van der Waals surface area contributed by atoms with Gasteiger partial charge in [-0.2, -0.15) is 0 Å². The molecule has 0 spiro atoms. The van der Waals surface area contributed by atoms with Gasteiger partial charge in [-0.3, -0.25) is 0 Å². The van der Waals surface area contributed by atoms with Gasteiger partial charge in [-0.15, -0.1) is 0 Å². The zero-order chi connectivity index (χ0) is 17.6. The summed E-state index contributed by atoms with van der Waals surface area (Å²) in [6.07, 6.45) is 1.57. The van der Waals surface area contributed by atoms with Crippen LogP contribution in [0.5, 0.6) is 6.01 Å². The molecule has 1 fully saturated rings. The molecule has 1 aliphatic rings. The number of hydrogen-bond donors (Lipinski definition) is 1. The van der Waals surface area contributed by atoms with Crippen molar-refractivity contribution in [1.29, 1.82) is 0 Å². The molecule has 25 heavy (non-hydrogen) atoms. The van der Waals surface area contributed by atoms with Gasteiger partial charge in [0, 0.05) is 30.9 Å². The van der Waals surface area contributed by atoms with Crippen molar-refractivity contribution in [2.45, 2.75) is 32.8 Å². The molecule has 2 aromatic rings. The maximum absolute atomic E-state index is 12.3. The lowest BCUT2D eigenvalue weighted by Crippen LogP contribution is -2.40. The van der Waals surface area contributed by atoms with Gasteiger partial charge in [0.15, 0.2) is 0 Å². The molecule has 1 aromatic heterocycles. The summed E-state index contributed by atoms with van der Waals surface area (Å²) in [5.74, 6) is 0. The molecule has 132 valence electrons. The van der Waals surface area contributed by atoms with E-state index in [-0.39, 0.29) is 12.1 Å². The summed E-state index contributed by atoms with van der Waals surface area (Å²) in [5, 5.41) is 2.98.